The number of anilines is 2. The van der Waals surface area contributed by atoms with E-state index in [2.05, 4.69) is 14.9 Å². The molecule has 0 unspecified atom stereocenters. The maximum atomic E-state index is 5.73. The van der Waals surface area contributed by atoms with E-state index in [4.69, 9.17) is 10.5 Å². The molecule has 0 aliphatic carbocycles. The summed E-state index contributed by atoms with van der Waals surface area (Å²) < 4.78 is 5.14. The van der Waals surface area contributed by atoms with Gasteiger partial charge in [0.25, 0.3) is 0 Å². The molecule has 0 fully saturated rings. The molecule has 0 aliphatic rings. The number of ether oxygens (including phenoxy) is 1. The van der Waals surface area contributed by atoms with E-state index < -0.39 is 0 Å². The van der Waals surface area contributed by atoms with Crippen molar-refractivity contribution in [3.63, 3.8) is 0 Å². The summed E-state index contributed by atoms with van der Waals surface area (Å²) >= 11 is 0. The lowest BCUT2D eigenvalue weighted by atomic mass is 10.3. The zero-order valence-electron chi connectivity index (χ0n) is 11.4. The Morgan fingerprint density at radius 2 is 1.89 bits per heavy atom. The zero-order valence-corrected chi connectivity index (χ0v) is 11.4. The molecule has 1 aromatic heterocycles. The van der Waals surface area contributed by atoms with Crippen LogP contribution in [-0.2, 0) is 6.54 Å². The van der Waals surface area contributed by atoms with Gasteiger partial charge in [-0.05, 0) is 31.2 Å². The summed E-state index contributed by atoms with van der Waals surface area (Å²) in [5, 5.41) is 0. The highest BCUT2D eigenvalue weighted by atomic mass is 16.5. The number of benzene rings is 1. The lowest BCUT2D eigenvalue weighted by Gasteiger charge is -2.18. The van der Waals surface area contributed by atoms with Crippen LogP contribution < -0.4 is 15.4 Å². The van der Waals surface area contributed by atoms with Crippen molar-refractivity contribution in [2.75, 3.05) is 24.8 Å². The Kier molecular flexibility index (Phi) is 3.85. The Balaban J connectivity index is 2.13. The molecule has 2 N–H and O–H groups in total. The van der Waals surface area contributed by atoms with Gasteiger partial charge in [0, 0.05) is 24.5 Å². The van der Waals surface area contributed by atoms with E-state index in [1.807, 2.05) is 38.2 Å². The molecular formula is C14H18N4O. The van der Waals surface area contributed by atoms with Crippen molar-refractivity contribution in [3.05, 3.63) is 41.9 Å². The Hall–Kier alpha value is -2.30. The third kappa shape index (κ3) is 3.34. The smallest absolute Gasteiger partial charge is 0.150 e. The Morgan fingerprint density at radius 3 is 2.47 bits per heavy atom. The molecule has 19 heavy (non-hydrogen) atoms. The van der Waals surface area contributed by atoms with E-state index in [1.165, 1.54) is 0 Å². The Labute approximate surface area is 113 Å². The van der Waals surface area contributed by atoms with Crippen LogP contribution in [0.2, 0.25) is 0 Å². The van der Waals surface area contributed by atoms with Gasteiger partial charge in [0.15, 0.2) is 0 Å². The molecule has 0 radical (unpaired) electrons. The van der Waals surface area contributed by atoms with Crippen LogP contribution in [0.15, 0.2) is 30.3 Å². The van der Waals surface area contributed by atoms with Crippen LogP contribution in [0.3, 0.4) is 0 Å². The molecule has 0 aliphatic heterocycles. The van der Waals surface area contributed by atoms with Crippen LogP contribution >= 0.6 is 0 Å². The van der Waals surface area contributed by atoms with Crippen LogP contribution in [-0.4, -0.2) is 24.1 Å². The summed E-state index contributed by atoms with van der Waals surface area (Å²) in [4.78, 5) is 10.7. The molecule has 0 saturated heterocycles. The zero-order chi connectivity index (χ0) is 13.8. The lowest BCUT2D eigenvalue weighted by molar-refractivity contribution is 0.415. The number of nitrogens with two attached hydrogens (primary N) is 1. The van der Waals surface area contributed by atoms with Gasteiger partial charge in [0.2, 0.25) is 0 Å². The number of hydrogen-bond acceptors (Lipinski definition) is 5. The van der Waals surface area contributed by atoms with E-state index in [1.54, 1.807) is 13.2 Å². The molecule has 0 amide bonds. The van der Waals surface area contributed by atoms with Gasteiger partial charge < -0.3 is 15.4 Å². The highest BCUT2D eigenvalue weighted by Crippen LogP contribution is 2.19. The maximum absolute atomic E-state index is 5.73. The molecule has 0 atom stereocenters. The van der Waals surface area contributed by atoms with E-state index in [-0.39, 0.29) is 0 Å². The molecule has 0 spiro atoms. The number of nitrogens with zero attached hydrogens (tertiary/aromatic N) is 3. The number of aromatic nitrogens is 2. The standard InChI is InChI=1S/C14H18N4O/c1-10-8-13(15)17-14(16-10)9-18(2)11-4-6-12(19-3)7-5-11/h4-8H,9H2,1-3H3,(H2,15,16,17). The molecule has 0 bridgehead atoms. The second-order valence-electron chi connectivity index (χ2n) is 4.40. The van der Waals surface area contributed by atoms with Crippen LogP contribution in [0.1, 0.15) is 11.5 Å². The average molecular weight is 258 g/mol. The number of aryl methyl sites for hydroxylation is 1. The highest BCUT2D eigenvalue weighted by molar-refractivity contribution is 5.48. The quantitative estimate of drug-likeness (QED) is 0.908. The first-order valence-corrected chi connectivity index (χ1v) is 6.03. The predicted molar refractivity (Wildman–Crippen MR) is 76.3 cm³/mol. The molecular weight excluding hydrogens is 240 g/mol. The molecule has 5 nitrogen and oxygen atoms in total. The normalized spacial score (nSPS) is 10.3. The minimum absolute atomic E-state index is 0.505. The number of rotatable bonds is 4. The van der Waals surface area contributed by atoms with Crippen molar-refractivity contribution in [1.82, 2.24) is 9.97 Å². The topological polar surface area (TPSA) is 64.3 Å². The van der Waals surface area contributed by atoms with Gasteiger partial charge in [-0.1, -0.05) is 0 Å². The summed E-state index contributed by atoms with van der Waals surface area (Å²) in [6.07, 6.45) is 0. The predicted octanol–water partition coefficient (Wildman–Crippen LogP) is 2.01. The van der Waals surface area contributed by atoms with Crippen LogP contribution in [0, 0.1) is 6.92 Å². The molecule has 5 heteroatoms. The summed E-state index contributed by atoms with van der Waals surface area (Å²) in [6.45, 7) is 2.52. The minimum atomic E-state index is 0.505. The lowest BCUT2D eigenvalue weighted by Crippen LogP contribution is -2.18. The van der Waals surface area contributed by atoms with E-state index in [0.29, 0.717) is 12.4 Å². The average Bonchev–Trinajstić information content (AvgIpc) is 2.37. The number of methoxy groups -OCH3 is 1. The van der Waals surface area contributed by atoms with Gasteiger partial charge in [0.1, 0.15) is 17.4 Å². The van der Waals surface area contributed by atoms with Gasteiger partial charge in [-0.3, -0.25) is 0 Å². The van der Waals surface area contributed by atoms with Crippen molar-refractivity contribution >= 4 is 11.5 Å². The molecule has 1 heterocycles. The van der Waals surface area contributed by atoms with Gasteiger partial charge in [-0.15, -0.1) is 0 Å². The van der Waals surface area contributed by atoms with Crippen molar-refractivity contribution in [1.29, 1.82) is 0 Å². The molecule has 2 rings (SSSR count). The number of nitrogen functional groups attached to an aromatic ring is 1. The second-order valence-corrected chi connectivity index (χ2v) is 4.40. The molecule has 1 aromatic carbocycles. The minimum Gasteiger partial charge on any atom is -0.497 e. The fraction of sp³-hybridized carbons (Fsp3) is 0.286. The van der Waals surface area contributed by atoms with E-state index in [0.717, 1.165) is 23.0 Å². The third-order valence-corrected chi connectivity index (χ3v) is 2.81. The molecule has 0 saturated carbocycles. The largest absolute Gasteiger partial charge is 0.497 e. The van der Waals surface area contributed by atoms with Crippen molar-refractivity contribution in [2.45, 2.75) is 13.5 Å². The Bertz CT molecular complexity index is 534. The SMILES string of the molecule is COc1ccc(N(C)Cc2nc(C)cc(N)n2)cc1. The van der Waals surface area contributed by atoms with Crippen LogP contribution in [0.25, 0.3) is 0 Å². The summed E-state index contributed by atoms with van der Waals surface area (Å²) in [5.74, 6) is 2.06. The van der Waals surface area contributed by atoms with Crippen LogP contribution in [0.5, 0.6) is 5.75 Å². The second kappa shape index (κ2) is 5.56. The van der Waals surface area contributed by atoms with E-state index in [9.17, 15) is 0 Å². The molecule has 2 aromatic rings. The van der Waals surface area contributed by atoms with Crippen LogP contribution in [0.4, 0.5) is 11.5 Å². The Morgan fingerprint density at radius 1 is 1.21 bits per heavy atom. The first kappa shape index (κ1) is 13.1. The van der Waals surface area contributed by atoms with Crippen molar-refractivity contribution < 1.29 is 4.74 Å². The van der Waals surface area contributed by atoms with Gasteiger partial charge >= 0.3 is 0 Å². The van der Waals surface area contributed by atoms with Crippen molar-refractivity contribution in [2.24, 2.45) is 0 Å². The number of hydrogen-bond donors (Lipinski definition) is 1. The fourth-order valence-corrected chi connectivity index (χ4v) is 1.87. The monoisotopic (exact) mass is 258 g/mol. The van der Waals surface area contributed by atoms with Gasteiger partial charge in [-0.25, -0.2) is 9.97 Å². The maximum Gasteiger partial charge on any atom is 0.150 e. The summed E-state index contributed by atoms with van der Waals surface area (Å²) in [7, 11) is 3.64. The first-order chi connectivity index (χ1) is 9.08. The summed E-state index contributed by atoms with van der Waals surface area (Å²) in [6, 6.07) is 9.61. The third-order valence-electron chi connectivity index (χ3n) is 2.81. The molecule has 100 valence electrons. The van der Waals surface area contributed by atoms with Crippen molar-refractivity contribution in [3.8, 4) is 5.75 Å². The first-order valence-electron chi connectivity index (χ1n) is 6.03. The van der Waals surface area contributed by atoms with E-state index >= 15 is 0 Å². The highest BCUT2D eigenvalue weighted by Gasteiger charge is 2.06. The van der Waals surface area contributed by atoms with Gasteiger partial charge in [-0.2, -0.15) is 0 Å². The fourth-order valence-electron chi connectivity index (χ4n) is 1.87. The summed E-state index contributed by atoms with van der Waals surface area (Å²) in [5.41, 5.74) is 7.68. The van der Waals surface area contributed by atoms with Gasteiger partial charge in [0.05, 0.1) is 13.7 Å².